The Labute approximate surface area is 108 Å². The lowest BCUT2D eigenvalue weighted by Gasteiger charge is -2.41. The first-order valence-corrected chi connectivity index (χ1v) is 6.50. The second-order valence-electron chi connectivity index (χ2n) is 4.85. The molecular weight excluding hydrogens is 228 g/mol. The molecule has 1 saturated heterocycles. The lowest BCUT2D eigenvalue weighted by molar-refractivity contribution is -0.00113. The number of ether oxygens (including phenoxy) is 1. The summed E-state index contributed by atoms with van der Waals surface area (Å²) in [4.78, 5) is 10.7. The average Bonchev–Trinajstić information content (AvgIpc) is 2.42. The Morgan fingerprint density at radius 1 is 1.61 bits per heavy atom. The molecule has 3 atom stereocenters. The first-order valence-electron chi connectivity index (χ1n) is 6.50. The fraction of sp³-hybridized carbons (Fsp3) is 0.692. The number of hydrogen-bond donors (Lipinski definition) is 1. The molecule has 5 heteroatoms. The van der Waals surface area contributed by atoms with Gasteiger partial charge in [-0.05, 0) is 25.8 Å². The molecule has 2 N–H and O–H groups in total. The molecule has 0 aliphatic carbocycles. The van der Waals surface area contributed by atoms with E-state index in [1.807, 2.05) is 6.07 Å². The van der Waals surface area contributed by atoms with Crippen molar-refractivity contribution in [3.63, 3.8) is 0 Å². The zero-order valence-corrected chi connectivity index (χ0v) is 11.1. The molecule has 0 aromatic carbocycles. The Morgan fingerprint density at radius 3 is 3.00 bits per heavy atom. The zero-order valence-electron chi connectivity index (χ0n) is 11.1. The Hall–Kier alpha value is -1.04. The third-order valence-corrected chi connectivity index (χ3v) is 3.78. The van der Waals surface area contributed by atoms with Crippen LogP contribution >= 0.6 is 0 Å². The summed E-state index contributed by atoms with van der Waals surface area (Å²) in [7, 11) is 1.79. The van der Waals surface area contributed by atoms with Crippen LogP contribution in [0, 0.1) is 0 Å². The normalized spacial score (nSPS) is 27.1. The van der Waals surface area contributed by atoms with Crippen LogP contribution in [0.4, 0.5) is 0 Å². The maximum atomic E-state index is 5.93. The predicted molar refractivity (Wildman–Crippen MR) is 70.0 cm³/mol. The van der Waals surface area contributed by atoms with E-state index in [2.05, 4.69) is 21.8 Å². The van der Waals surface area contributed by atoms with Gasteiger partial charge in [-0.2, -0.15) is 0 Å². The van der Waals surface area contributed by atoms with Crippen LogP contribution in [0.2, 0.25) is 0 Å². The molecule has 2 rings (SSSR count). The zero-order chi connectivity index (χ0) is 13.0. The van der Waals surface area contributed by atoms with Crippen LogP contribution in [0.5, 0.6) is 0 Å². The van der Waals surface area contributed by atoms with Crippen molar-refractivity contribution in [1.29, 1.82) is 0 Å². The van der Waals surface area contributed by atoms with Gasteiger partial charge in [0.25, 0.3) is 0 Å². The Bertz CT molecular complexity index is 359. The molecule has 18 heavy (non-hydrogen) atoms. The van der Waals surface area contributed by atoms with Crippen LogP contribution in [-0.2, 0) is 4.74 Å². The van der Waals surface area contributed by atoms with Gasteiger partial charge in [0.05, 0.1) is 17.8 Å². The molecule has 1 aromatic heterocycles. The summed E-state index contributed by atoms with van der Waals surface area (Å²) in [5, 5.41) is 0. The van der Waals surface area contributed by atoms with Gasteiger partial charge >= 0.3 is 0 Å². The number of nitrogens with two attached hydrogens (primary N) is 1. The minimum absolute atomic E-state index is 0.181. The third-order valence-electron chi connectivity index (χ3n) is 3.78. The van der Waals surface area contributed by atoms with Crippen LogP contribution in [0.25, 0.3) is 0 Å². The number of aromatic nitrogens is 2. The topological polar surface area (TPSA) is 64.3 Å². The van der Waals surface area contributed by atoms with Crippen molar-refractivity contribution in [3.05, 3.63) is 24.3 Å². The fourth-order valence-electron chi connectivity index (χ4n) is 2.75. The first kappa shape index (κ1) is 13.4. The number of hydrogen-bond acceptors (Lipinski definition) is 5. The summed E-state index contributed by atoms with van der Waals surface area (Å²) in [5.74, 6) is 0. The molecule has 0 bridgehead atoms. The molecule has 1 aliphatic heterocycles. The number of piperidine rings is 1. The van der Waals surface area contributed by atoms with E-state index in [4.69, 9.17) is 10.5 Å². The molecule has 0 radical (unpaired) electrons. The van der Waals surface area contributed by atoms with Crippen LogP contribution in [0.15, 0.2) is 18.6 Å². The Balaban J connectivity index is 2.09. The molecule has 0 spiro atoms. The summed E-state index contributed by atoms with van der Waals surface area (Å²) < 4.78 is 5.45. The second-order valence-corrected chi connectivity index (χ2v) is 4.85. The smallest absolute Gasteiger partial charge is 0.115 e. The van der Waals surface area contributed by atoms with Gasteiger partial charge in [0.15, 0.2) is 0 Å². The van der Waals surface area contributed by atoms with Crippen molar-refractivity contribution in [3.8, 4) is 0 Å². The number of rotatable bonds is 4. The molecule has 5 nitrogen and oxygen atoms in total. The first-order chi connectivity index (χ1) is 8.76. The van der Waals surface area contributed by atoms with Crippen LogP contribution in [0.1, 0.15) is 31.5 Å². The van der Waals surface area contributed by atoms with Crippen molar-refractivity contribution in [2.45, 2.75) is 38.0 Å². The summed E-state index contributed by atoms with van der Waals surface area (Å²) in [6.45, 7) is 3.82. The Morgan fingerprint density at radius 2 is 2.44 bits per heavy atom. The van der Waals surface area contributed by atoms with E-state index < -0.39 is 0 Å². The SMILES string of the molecule is COC1CCN(C(CN)c2ccncn2)C(C)C1. The van der Waals surface area contributed by atoms with E-state index in [-0.39, 0.29) is 6.04 Å². The number of likely N-dealkylation sites (tertiary alicyclic amines) is 1. The third kappa shape index (κ3) is 2.85. The van der Waals surface area contributed by atoms with Crippen molar-refractivity contribution in [1.82, 2.24) is 14.9 Å². The maximum Gasteiger partial charge on any atom is 0.115 e. The average molecular weight is 250 g/mol. The lowest BCUT2D eigenvalue weighted by Crippen LogP contribution is -2.47. The van der Waals surface area contributed by atoms with Gasteiger partial charge in [0.2, 0.25) is 0 Å². The molecule has 0 amide bonds. The van der Waals surface area contributed by atoms with Crippen LogP contribution in [0.3, 0.4) is 0 Å². The van der Waals surface area contributed by atoms with Crippen molar-refractivity contribution < 1.29 is 4.74 Å². The summed E-state index contributed by atoms with van der Waals surface area (Å²) in [6.07, 6.45) is 5.85. The van der Waals surface area contributed by atoms with E-state index in [0.29, 0.717) is 18.7 Å². The van der Waals surface area contributed by atoms with Gasteiger partial charge < -0.3 is 10.5 Å². The summed E-state index contributed by atoms with van der Waals surface area (Å²) >= 11 is 0. The second kappa shape index (κ2) is 6.22. The molecular formula is C13H22N4O. The van der Waals surface area contributed by atoms with Crippen molar-refractivity contribution >= 4 is 0 Å². The monoisotopic (exact) mass is 250 g/mol. The quantitative estimate of drug-likeness (QED) is 0.863. The van der Waals surface area contributed by atoms with Gasteiger partial charge in [0, 0.05) is 32.4 Å². The van der Waals surface area contributed by atoms with E-state index in [0.717, 1.165) is 25.1 Å². The molecule has 1 aliphatic rings. The van der Waals surface area contributed by atoms with Gasteiger partial charge in [-0.3, -0.25) is 4.90 Å². The highest BCUT2D eigenvalue weighted by Crippen LogP contribution is 2.27. The standard InChI is InChI=1S/C13H22N4O/c1-10-7-11(18-2)4-6-17(10)13(8-14)12-3-5-15-9-16-12/h3,5,9-11,13H,4,6-8,14H2,1-2H3. The summed E-state index contributed by atoms with van der Waals surface area (Å²) in [6, 6.07) is 2.60. The highest BCUT2D eigenvalue weighted by molar-refractivity contribution is 5.07. The van der Waals surface area contributed by atoms with Gasteiger partial charge in [-0.25, -0.2) is 9.97 Å². The number of nitrogens with zero attached hydrogens (tertiary/aromatic N) is 3. The molecule has 2 heterocycles. The predicted octanol–water partition coefficient (Wildman–Crippen LogP) is 0.976. The van der Waals surface area contributed by atoms with Crippen LogP contribution in [-0.4, -0.2) is 47.2 Å². The van der Waals surface area contributed by atoms with Gasteiger partial charge in [0.1, 0.15) is 6.33 Å². The van der Waals surface area contributed by atoms with E-state index in [9.17, 15) is 0 Å². The molecule has 1 aromatic rings. The maximum absolute atomic E-state index is 5.93. The highest BCUT2D eigenvalue weighted by Gasteiger charge is 2.31. The van der Waals surface area contributed by atoms with Crippen LogP contribution < -0.4 is 5.73 Å². The number of methoxy groups -OCH3 is 1. The van der Waals surface area contributed by atoms with Gasteiger partial charge in [-0.15, -0.1) is 0 Å². The summed E-state index contributed by atoms with van der Waals surface area (Å²) in [5.41, 5.74) is 6.94. The van der Waals surface area contributed by atoms with Gasteiger partial charge in [-0.1, -0.05) is 0 Å². The molecule has 1 fully saturated rings. The van der Waals surface area contributed by atoms with E-state index in [1.165, 1.54) is 0 Å². The molecule has 100 valence electrons. The Kier molecular flexibility index (Phi) is 4.63. The minimum Gasteiger partial charge on any atom is -0.381 e. The van der Waals surface area contributed by atoms with Crippen molar-refractivity contribution in [2.24, 2.45) is 5.73 Å². The highest BCUT2D eigenvalue weighted by atomic mass is 16.5. The van der Waals surface area contributed by atoms with Crippen molar-refractivity contribution in [2.75, 3.05) is 20.2 Å². The fourth-order valence-corrected chi connectivity index (χ4v) is 2.75. The van der Waals surface area contributed by atoms with E-state index >= 15 is 0 Å². The lowest BCUT2D eigenvalue weighted by atomic mass is 9.97. The molecule has 0 saturated carbocycles. The minimum atomic E-state index is 0.181. The largest absolute Gasteiger partial charge is 0.381 e. The van der Waals surface area contributed by atoms with E-state index in [1.54, 1.807) is 19.6 Å². The molecule has 3 unspecified atom stereocenters.